The van der Waals surface area contributed by atoms with E-state index in [1.54, 1.807) is 14.2 Å². The number of rotatable bonds is 6. The maximum atomic E-state index is 14.0. The third-order valence-electron chi connectivity index (χ3n) is 4.06. The Morgan fingerprint density at radius 2 is 1.61 bits per heavy atom. The molecule has 4 heteroatoms. The van der Waals surface area contributed by atoms with Crippen LogP contribution < -0.4 is 9.47 Å². The first-order valence-corrected chi connectivity index (χ1v) is 7.71. The van der Waals surface area contributed by atoms with Crippen molar-refractivity contribution in [2.24, 2.45) is 0 Å². The van der Waals surface area contributed by atoms with Gasteiger partial charge in [0.25, 0.3) is 0 Å². The summed E-state index contributed by atoms with van der Waals surface area (Å²) in [6.07, 6.45) is 1.81. The SMILES string of the molecule is CCCc1c(OC)cc(C(C)c2ccc(F)cc2F)cc1OC. The molecule has 2 aromatic rings. The topological polar surface area (TPSA) is 18.5 Å². The minimum Gasteiger partial charge on any atom is -0.496 e. The highest BCUT2D eigenvalue weighted by Crippen LogP contribution is 2.36. The van der Waals surface area contributed by atoms with Gasteiger partial charge < -0.3 is 9.47 Å². The normalized spacial score (nSPS) is 12.1. The molecule has 0 radical (unpaired) electrons. The van der Waals surface area contributed by atoms with Crippen molar-refractivity contribution in [1.29, 1.82) is 0 Å². The van der Waals surface area contributed by atoms with Gasteiger partial charge in [-0.3, -0.25) is 0 Å². The van der Waals surface area contributed by atoms with Crippen molar-refractivity contribution in [2.75, 3.05) is 14.2 Å². The quantitative estimate of drug-likeness (QED) is 0.738. The van der Waals surface area contributed by atoms with Crippen molar-refractivity contribution >= 4 is 0 Å². The fourth-order valence-electron chi connectivity index (χ4n) is 2.78. The Bertz CT molecular complexity index is 658. The summed E-state index contributed by atoms with van der Waals surface area (Å²) in [5, 5.41) is 0. The molecule has 0 fully saturated rings. The fraction of sp³-hybridized carbons (Fsp3) is 0.368. The lowest BCUT2D eigenvalue weighted by Gasteiger charge is -2.19. The molecule has 0 N–H and O–H groups in total. The lowest BCUT2D eigenvalue weighted by molar-refractivity contribution is 0.383. The highest BCUT2D eigenvalue weighted by Gasteiger charge is 2.18. The molecular formula is C19H22F2O2. The second kappa shape index (κ2) is 7.44. The molecule has 0 spiro atoms. The van der Waals surface area contributed by atoms with Crippen LogP contribution in [-0.4, -0.2) is 14.2 Å². The molecular weight excluding hydrogens is 298 g/mol. The van der Waals surface area contributed by atoms with Gasteiger partial charge in [0.05, 0.1) is 14.2 Å². The van der Waals surface area contributed by atoms with Crippen molar-refractivity contribution in [3.05, 3.63) is 58.7 Å². The zero-order valence-electron chi connectivity index (χ0n) is 14.0. The average molecular weight is 320 g/mol. The minimum atomic E-state index is -0.577. The van der Waals surface area contributed by atoms with Gasteiger partial charge in [-0.05, 0) is 35.7 Å². The van der Waals surface area contributed by atoms with Crippen molar-refractivity contribution in [3.8, 4) is 11.5 Å². The molecule has 0 bridgehead atoms. The highest BCUT2D eigenvalue weighted by molar-refractivity contribution is 5.50. The Morgan fingerprint density at radius 1 is 1.00 bits per heavy atom. The Hall–Kier alpha value is -2.10. The van der Waals surface area contributed by atoms with Crippen molar-refractivity contribution in [2.45, 2.75) is 32.6 Å². The molecule has 0 heterocycles. The standard InChI is InChI=1S/C19H22F2O2/c1-5-6-16-18(22-3)9-13(10-19(16)23-4)12(2)15-8-7-14(20)11-17(15)21/h7-12H,5-6H2,1-4H3. The first-order valence-electron chi connectivity index (χ1n) is 7.71. The molecule has 0 amide bonds. The molecule has 2 aromatic carbocycles. The molecule has 1 atom stereocenters. The summed E-state index contributed by atoms with van der Waals surface area (Å²) in [6, 6.07) is 7.47. The number of ether oxygens (including phenoxy) is 2. The Balaban J connectivity index is 2.50. The van der Waals surface area contributed by atoms with Crippen LogP contribution in [0.4, 0.5) is 8.78 Å². The van der Waals surface area contributed by atoms with Gasteiger partial charge in [-0.25, -0.2) is 8.78 Å². The molecule has 0 aliphatic rings. The third-order valence-corrected chi connectivity index (χ3v) is 4.06. The zero-order chi connectivity index (χ0) is 17.0. The maximum absolute atomic E-state index is 14.0. The summed E-state index contributed by atoms with van der Waals surface area (Å²) in [6.45, 7) is 3.97. The molecule has 23 heavy (non-hydrogen) atoms. The Kier molecular flexibility index (Phi) is 5.59. The Morgan fingerprint density at radius 3 is 2.09 bits per heavy atom. The number of halogens is 2. The van der Waals surface area contributed by atoms with Crippen LogP contribution in [0.15, 0.2) is 30.3 Å². The molecule has 124 valence electrons. The minimum absolute atomic E-state index is 0.242. The molecule has 1 unspecified atom stereocenters. The van der Waals surface area contributed by atoms with E-state index in [9.17, 15) is 8.78 Å². The molecule has 0 saturated carbocycles. The van der Waals surface area contributed by atoms with Crippen molar-refractivity contribution < 1.29 is 18.3 Å². The molecule has 0 saturated heterocycles. The molecule has 2 rings (SSSR count). The van der Waals surface area contributed by atoms with E-state index in [1.165, 1.54) is 12.1 Å². The van der Waals surface area contributed by atoms with E-state index in [0.29, 0.717) is 5.56 Å². The third kappa shape index (κ3) is 3.63. The van der Waals surface area contributed by atoms with Gasteiger partial charge in [0.1, 0.15) is 23.1 Å². The van der Waals surface area contributed by atoms with Crippen molar-refractivity contribution in [3.63, 3.8) is 0 Å². The maximum Gasteiger partial charge on any atom is 0.129 e. The zero-order valence-corrected chi connectivity index (χ0v) is 14.0. The van der Waals surface area contributed by atoms with Crippen LogP contribution in [0.3, 0.4) is 0 Å². The van der Waals surface area contributed by atoms with Gasteiger partial charge in [0, 0.05) is 17.5 Å². The van der Waals surface area contributed by atoms with E-state index in [-0.39, 0.29) is 5.92 Å². The first kappa shape index (κ1) is 17.3. The Labute approximate surface area is 136 Å². The van der Waals surface area contributed by atoms with Crippen LogP contribution in [0.25, 0.3) is 0 Å². The van der Waals surface area contributed by atoms with Crippen LogP contribution in [0, 0.1) is 11.6 Å². The lowest BCUT2D eigenvalue weighted by Crippen LogP contribution is -2.04. The summed E-state index contributed by atoms with van der Waals surface area (Å²) < 4.78 is 38.1. The number of hydrogen-bond acceptors (Lipinski definition) is 2. The number of benzene rings is 2. The summed E-state index contributed by atoms with van der Waals surface area (Å²) in [7, 11) is 3.22. The van der Waals surface area contributed by atoms with E-state index in [0.717, 1.165) is 41.5 Å². The van der Waals surface area contributed by atoms with Gasteiger partial charge in [-0.15, -0.1) is 0 Å². The second-order valence-electron chi connectivity index (χ2n) is 5.54. The average Bonchev–Trinajstić information content (AvgIpc) is 2.54. The summed E-state index contributed by atoms with van der Waals surface area (Å²) >= 11 is 0. The number of hydrogen-bond donors (Lipinski definition) is 0. The monoisotopic (exact) mass is 320 g/mol. The van der Waals surface area contributed by atoms with Gasteiger partial charge in [-0.1, -0.05) is 26.3 Å². The largest absolute Gasteiger partial charge is 0.496 e. The summed E-state index contributed by atoms with van der Waals surface area (Å²) in [4.78, 5) is 0. The van der Waals surface area contributed by atoms with Gasteiger partial charge in [0.2, 0.25) is 0 Å². The first-order chi connectivity index (χ1) is 11.0. The van der Waals surface area contributed by atoms with Gasteiger partial charge >= 0.3 is 0 Å². The van der Waals surface area contributed by atoms with E-state index in [4.69, 9.17) is 9.47 Å². The van der Waals surface area contributed by atoms with Gasteiger partial charge in [-0.2, -0.15) is 0 Å². The predicted molar refractivity (Wildman–Crippen MR) is 87.4 cm³/mol. The van der Waals surface area contributed by atoms with Crippen LogP contribution in [0.1, 0.15) is 42.9 Å². The van der Waals surface area contributed by atoms with E-state index in [2.05, 4.69) is 6.92 Å². The predicted octanol–water partition coefficient (Wildman–Crippen LogP) is 5.09. The van der Waals surface area contributed by atoms with E-state index >= 15 is 0 Å². The lowest BCUT2D eigenvalue weighted by atomic mass is 9.90. The van der Waals surface area contributed by atoms with Crippen LogP contribution in [-0.2, 0) is 6.42 Å². The van der Waals surface area contributed by atoms with Crippen molar-refractivity contribution in [1.82, 2.24) is 0 Å². The molecule has 0 aliphatic carbocycles. The molecule has 2 nitrogen and oxygen atoms in total. The van der Waals surface area contributed by atoms with E-state index in [1.807, 2.05) is 19.1 Å². The van der Waals surface area contributed by atoms with Crippen LogP contribution in [0.2, 0.25) is 0 Å². The number of methoxy groups -OCH3 is 2. The fourth-order valence-corrected chi connectivity index (χ4v) is 2.78. The van der Waals surface area contributed by atoms with E-state index < -0.39 is 11.6 Å². The second-order valence-corrected chi connectivity index (χ2v) is 5.54. The molecule has 0 aromatic heterocycles. The summed E-state index contributed by atoms with van der Waals surface area (Å²) in [5.74, 6) is 0.0974. The van der Waals surface area contributed by atoms with Gasteiger partial charge in [0.15, 0.2) is 0 Å². The molecule has 0 aliphatic heterocycles. The van der Waals surface area contributed by atoms with Crippen LogP contribution in [0.5, 0.6) is 11.5 Å². The van der Waals surface area contributed by atoms with Crippen LogP contribution >= 0.6 is 0 Å². The smallest absolute Gasteiger partial charge is 0.129 e. The summed E-state index contributed by atoms with van der Waals surface area (Å²) in [5.41, 5.74) is 2.32. The highest BCUT2D eigenvalue weighted by atomic mass is 19.1.